The smallest absolute Gasteiger partial charge is 0.275 e. The molecule has 0 saturated carbocycles. The number of aromatic nitrogens is 3. The maximum Gasteiger partial charge on any atom is 0.275 e. The lowest BCUT2D eigenvalue weighted by molar-refractivity contribution is -0.385. The van der Waals surface area contributed by atoms with Crippen LogP contribution in [0.5, 0.6) is 0 Å². The number of rotatable bonds is 4. The molecule has 0 radical (unpaired) electrons. The minimum absolute atomic E-state index is 0.0265. The van der Waals surface area contributed by atoms with E-state index in [1.807, 2.05) is 0 Å². The van der Waals surface area contributed by atoms with Crippen LogP contribution < -0.4 is 5.73 Å². The zero-order valence-corrected chi connectivity index (χ0v) is 10.1. The molecular formula is C11H8N6O3. The number of hydrogen-bond donors (Lipinski definition) is 1. The highest BCUT2D eigenvalue weighted by Crippen LogP contribution is 2.21. The molecule has 9 heteroatoms. The first-order valence-corrected chi connectivity index (χ1v) is 5.38. The Balaban J connectivity index is 2.38. The summed E-state index contributed by atoms with van der Waals surface area (Å²) in [6.45, 7) is 0.0596. The van der Waals surface area contributed by atoms with Gasteiger partial charge in [0.15, 0.2) is 0 Å². The van der Waals surface area contributed by atoms with Crippen LogP contribution in [0.3, 0.4) is 0 Å². The van der Waals surface area contributed by atoms with Crippen LogP contribution in [-0.2, 0) is 6.54 Å². The minimum atomic E-state index is -0.743. The molecule has 20 heavy (non-hydrogen) atoms. The summed E-state index contributed by atoms with van der Waals surface area (Å²) in [6.07, 6.45) is 1.30. The first kappa shape index (κ1) is 13.2. The molecule has 0 aliphatic heterocycles. The van der Waals surface area contributed by atoms with E-state index >= 15 is 0 Å². The third-order valence-corrected chi connectivity index (χ3v) is 2.54. The van der Waals surface area contributed by atoms with Crippen molar-refractivity contribution in [3.63, 3.8) is 0 Å². The van der Waals surface area contributed by atoms with Crippen molar-refractivity contribution in [1.82, 2.24) is 14.8 Å². The first-order chi connectivity index (χ1) is 9.51. The van der Waals surface area contributed by atoms with Crippen molar-refractivity contribution >= 4 is 11.6 Å². The molecule has 0 unspecified atom stereocenters. The summed E-state index contributed by atoms with van der Waals surface area (Å²) < 4.78 is 1.30. The van der Waals surface area contributed by atoms with Gasteiger partial charge in [0, 0.05) is 11.6 Å². The van der Waals surface area contributed by atoms with Crippen molar-refractivity contribution in [3.05, 3.63) is 51.6 Å². The highest BCUT2D eigenvalue weighted by Gasteiger charge is 2.17. The van der Waals surface area contributed by atoms with Crippen LogP contribution >= 0.6 is 0 Å². The fourth-order valence-corrected chi connectivity index (χ4v) is 1.62. The Morgan fingerprint density at radius 1 is 1.55 bits per heavy atom. The van der Waals surface area contributed by atoms with Gasteiger partial charge in [-0.3, -0.25) is 14.9 Å². The molecule has 0 atom stereocenters. The number of nitro groups is 1. The predicted octanol–water partition coefficient (Wildman–Crippen LogP) is 0.205. The number of hydrogen-bond acceptors (Lipinski definition) is 6. The SMILES string of the molecule is N#Cc1ncn(Cc2ccc(C(N)=O)cc2[N+](=O)[O-])n1. The Morgan fingerprint density at radius 2 is 2.30 bits per heavy atom. The maximum atomic E-state index is 11.0. The normalized spacial score (nSPS) is 9.95. The Hall–Kier alpha value is -3.28. The molecule has 0 saturated heterocycles. The Kier molecular flexibility index (Phi) is 3.39. The van der Waals surface area contributed by atoms with Crippen LogP contribution in [0.1, 0.15) is 21.7 Å². The molecule has 0 fully saturated rings. The average molecular weight is 272 g/mol. The van der Waals surface area contributed by atoms with Gasteiger partial charge in [-0.2, -0.15) is 5.26 Å². The number of amides is 1. The molecule has 0 spiro atoms. The molecule has 1 aromatic carbocycles. The quantitative estimate of drug-likeness (QED) is 0.622. The Bertz CT molecular complexity index is 730. The van der Waals surface area contributed by atoms with Crippen LogP contribution in [0.25, 0.3) is 0 Å². The van der Waals surface area contributed by atoms with Gasteiger partial charge < -0.3 is 5.73 Å². The summed E-state index contributed by atoms with van der Waals surface area (Å²) >= 11 is 0. The van der Waals surface area contributed by atoms with E-state index in [2.05, 4.69) is 10.1 Å². The van der Waals surface area contributed by atoms with Crippen LogP contribution in [0, 0.1) is 21.4 Å². The van der Waals surface area contributed by atoms with Gasteiger partial charge in [-0.25, -0.2) is 9.67 Å². The van der Waals surface area contributed by atoms with E-state index in [1.54, 1.807) is 6.07 Å². The third-order valence-electron chi connectivity index (χ3n) is 2.54. The average Bonchev–Trinajstić information content (AvgIpc) is 2.86. The molecule has 0 aliphatic rings. The van der Waals surface area contributed by atoms with E-state index in [0.717, 1.165) is 6.07 Å². The van der Waals surface area contributed by atoms with Gasteiger partial charge >= 0.3 is 0 Å². The number of nitro benzene ring substituents is 1. The number of nitriles is 1. The number of nitrogens with zero attached hydrogens (tertiary/aromatic N) is 5. The van der Waals surface area contributed by atoms with Crippen molar-refractivity contribution in [2.75, 3.05) is 0 Å². The Labute approximate surface area is 112 Å². The van der Waals surface area contributed by atoms with E-state index in [4.69, 9.17) is 11.0 Å². The molecule has 9 nitrogen and oxygen atoms in total. The van der Waals surface area contributed by atoms with Crippen LogP contribution in [0.4, 0.5) is 5.69 Å². The van der Waals surface area contributed by atoms with E-state index in [0.29, 0.717) is 5.56 Å². The van der Waals surface area contributed by atoms with Gasteiger partial charge in [0.2, 0.25) is 5.91 Å². The summed E-state index contributed by atoms with van der Waals surface area (Å²) in [5.74, 6) is -0.770. The second-order valence-corrected chi connectivity index (χ2v) is 3.84. The number of benzene rings is 1. The molecule has 1 heterocycles. The molecular weight excluding hydrogens is 264 g/mol. The first-order valence-electron chi connectivity index (χ1n) is 5.38. The molecule has 0 bridgehead atoms. The summed E-state index contributed by atoms with van der Waals surface area (Å²) in [7, 11) is 0. The lowest BCUT2D eigenvalue weighted by atomic mass is 10.1. The van der Waals surface area contributed by atoms with Crippen LogP contribution in [0.15, 0.2) is 24.5 Å². The number of primary amides is 1. The molecule has 0 aliphatic carbocycles. The van der Waals surface area contributed by atoms with Gasteiger partial charge in [0.25, 0.3) is 11.5 Å². The molecule has 2 rings (SSSR count). The highest BCUT2D eigenvalue weighted by atomic mass is 16.6. The zero-order chi connectivity index (χ0) is 14.7. The predicted molar refractivity (Wildman–Crippen MR) is 65.5 cm³/mol. The molecule has 2 aromatic rings. The topological polar surface area (TPSA) is 141 Å². The van der Waals surface area contributed by atoms with Gasteiger partial charge in [-0.05, 0) is 12.1 Å². The van der Waals surface area contributed by atoms with Crippen molar-refractivity contribution < 1.29 is 9.72 Å². The standard InChI is InChI=1S/C11H8N6O3/c12-4-10-14-6-16(15-10)5-8-2-1-7(11(13)18)3-9(8)17(19)20/h1-3,6H,5H2,(H2,13,18). The van der Waals surface area contributed by atoms with E-state index in [1.165, 1.54) is 23.1 Å². The highest BCUT2D eigenvalue weighted by molar-refractivity contribution is 5.93. The van der Waals surface area contributed by atoms with Crippen molar-refractivity contribution in [2.45, 2.75) is 6.54 Å². The molecule has 1 aromatic heterocycles. The number of carbonyl (C=O) groups excluding carboxylic acids is 1. The van der Waals surface area contributed by atoms with Gasteiger partial charge in [-0.15, -0.1) is 5.10 Å². The maximum absolute atomic E-state index is 11.0. The lowest BCUT2D eigenvalue weighted by Crippen LogP contribution is -2.12. The van der Waals surface area contributed by atoms with E-state index in [9.17, 15) is 14.9 Å². The van der Waals surface area contributed by atoms with Gasteiger partial charge in [0.1, 0.15) is 12.4 Å². The Morgan fingerprint density at radius 3 is 2.85 bits per heavy atom. The lowest BCUT2D eigenvalue weighted by Gasteiger charge is -2.04. The van der Waals surface area contributed by atoms with Crippen molar-refractivity contribution in [1.29, 1.82) is 5.26 Å². The second kappa shape index (κ2) is 5.15. The summed E-state index contributed by atoms with van der Waals surface area (Å²) in [5.41, 5.74) is 5.22. The number of nitrogens with two attached hydrogens (primary N) is 1. The van der Waals surface area contributed by atoms with Gasteiger partial charge in [-0.1, -0.05) is 0 Å². The largest absolute Gasteiger partial charge is 0.366 e. The van der Waals surface area contributed by atoms with Crippen LogP contribution in [0.2, 0.25) is 0 Å². The monoisotopic (exact) mass is 272 g/mol. The fraction of sp³-hybridized carbons (Fsp3) is 0.0909. The van der Waals surface area contributed by atoms with Crippen molar-refractivity contribution in [3.8, 4) is 6.07 Å². The molecule has 100 valence electrons. The molecule has 2 N–H and O–H groups in total. The second-order valence-electron chi connectivity index (χ2n) is 3.84. The number of carbonyl (C=O) groups is 1. The van der Waals surface area contributed by atoms with Gasteiger partial charge in [0.05, 0.1) is 17.0 Å². The fourth-order valence-electron chi connectivity index (χ4n) is 1.62. The van der Waals surface area contributed by atoms with Crippen molar-refractivity contribution in [2.24, 2.45) is 5.73 Å². The van der Waals surface area contributed by atoms with E-state index < -0.39 is 10.8 Å². The summed E-state index contributed by atoms with van der Waals surface area (Å²) in [5, 5.41) is 23.4. The van der Waals surface area contributed by atoms with Crippen LogP contribution in [-0.4, -0.2) is 25.6 Å². The minimum Gasteiger partial charge on any atom is -0.366 e. The third kappa shape index (κ3) is 2.59. The zero-order valence-electron chi connectivity index (χ0n) is 10.1. The molecule has 1 amide bonds. The summed E-state index contributed by atoms with van der Waals surface area (Å²) in [4.78, 5) is 25.1. The van der Waals surface area contributed by atoms with E-state index in [-0.39, 0.29) is 23.6 Å². The summed E-state index contributed by atoms with van der Waals surface area (Å²) in [6, 6.07) is 5.69.